The van der Waals surface area contributed by atoms with E-state index in [0.29, 0.717) is 34.7 Å². The highest BCUT2D eigenvalue weighted by molar-refractivity contribution is 7.90. The molecule has 1 N–H and O–H groups in total. The number of hydrogen-bond acceptors (Lipinski definition) is 7. The first-order chi connectivity index (χ1) is 12.0. The highest BCUT2D eigenvalue weighted by atomic mass is 32.2. The standard InChI is InChI=1S/C15H19N3O5S3/c1-25(20,21)11-5-6-12-13(8-11)24-15(16-12)17-14(19)10-4-3-7-18(9-10)26(2,22)23/h5-6,8,10H,3-4,7,9H2,1-2H3,(H,16,17,19)/t10-/m1/s1. The Morgan fingerprint density at radius 3 is 2.65 bits per heavy atom. The Labute approximate surface area is 156 Å². The third kappa shape index (κ3) is 4.22. The first kappa shape index (κ1) is 19.2. The number of nitrogens with zero attached hydrogens (tertiary/aromatic N) is 2. The predicted molar refractivity (Wildman–Crippen MR) is 101 cm³/mol. The lowest BCUT2D eigenvalue weighted by Gasteiger charge is -2.29. The average molecular weight is 418 g/mol. The minimum atomic E-state index is -3.32. The number of fused-ring (bicyclic) bond motifs is 1. The normalized spacial score (nSPS) is 19.5. The maximum atomic E-state index is 12.5. The summed E-state index contributed by atoms with van der Waals surface area (Å²) in [5.74, 6) is -0.710. The summed E-state index contributed by atoms with van der Waals surface area (Å²) in [7, 11) is -6.64. The monoisotopic (exact) mass is 417 g/mol. The predicted octanol–water partition coefficient (Wildman–Crippen LogP) is 1.31. The van der Waals surface area contributed by atoms with Gasteiger partial charge in [0.1, 0.15) is 0 Å². The molecule has 0 unspecified atom stereocenters. The Bertz CT molecular complexity index is 1060. The number of nitrogens with one attached hydrogen (secondary N) is 1. The third-order valence-corrected chi connectivity index (χ3v) is 7.56. The fourth-order valence-electron chi connectivity index (χ4n) is 2.85. The summed E-state index contributed by atoms with van der Waals surface area (Å²) < 4.78 is 48.6. The molecule has 2 heterocycles. The molecule has 0 radical (unpaired) electrons. The molecule has 0 aliphatic carbocycles. The van der Waals surface area contributed by atoms with Crippen LogP contribution in [0.3, 0.4) is 0 Å². The van der Waals surface area contributed by atoms with Crippen molar-refractivity contribution >= 4 is 52.5 Å². The second-order valence-electron chi connectivity index (χ2n) is 6.37. The van der Waals surface area contributed by atoms with Crippen LogP contribution in [-0.2, 0) is 24.7 Å². The molecule has 11 heteroatoms. The van der Waals surface area contributed by atoms with Gasteiger partial charge in [0.25, 0.3) is 0 Å². The molecule has 0 saturated carbocycles. The van der Waals surface area contributed by atoms with Crippen molar-refractivity contribution in [3.8, 4) is 0 Å². The van der Waals surface area contributed by atoms with E-state index in [2.05, 4.69) is 10.3 Å². The van der Waals surface area contributed by atoms with Crippen LogP contribution in [0.15, 0.2) is 23.1 Å². The topological polar surface area (TPSA) is 114 Å². The third-order valence-electron chi connectivity index (χ3n) is 4.24. The summed E-state index contributed by atoms with van der Waals surface area (Å²) in [5, 5.41) is 3.10. The Morgan fingerprint density at radius 1 is 1.27 bits per heavy atom. The van der Waals surface area contributed by atoms with Crippen LogP contribution in [0.5, 0.6) is 0 Å². The van der Waals surface area contributed by atoms with E-state index in [0.717, 1.165) is 12.5 Å². The first-order valence-electron chi connectivity index (χ1n) is 7.91. The molecule has 1 aromatic carbocycles. The molecule has 1 aromatic heterocycles. The van der Waals surface area contributed by atoms with Gasteiger partial charge in [0.2, 0.25) is 15.9 Å². The molecule has 2 aromatic rings. The highest BCUT2D eigenvalue weighted by Crippen LogP contribution is 2.29. The van der Waals surface area contributed by atoms with E-state index in [4.69, 9.17) is 0 Å². The number of thiazole rings is 1. The van der Waals surface area contributed by atoms with Gasteiger partial charge in [-0.05, 0) is 31.0 Å². The number of sulfone groups is 1. The molecule has 8 nitrogen and oxygen atoms in total. The number of sulfonamides is 1. The van der Waals surface area contributed by atoms with Crippen LogP contribution in [0.1, 0.15) is 12.8 Å². The molecular formula is C15H19N3O5S3. The van der Waals surface area contributed by atoms with E-state index in [-0.39, 0.29) is 17.3 Å². The molecule has 1 aliphatic rings. The molecule has 142 valence electrons. The van der Waals surface area contributed by atoms with Crippen molar-refractivity contribution in [2.24, 2.45) is 5.92 Å². The molecule has 1 amide bonds. The summed E-state index contributed by atoms with van der Waals surface area (Å²) in [4.78, 5) is 17.0. The molecule has 1 atom stereocenters. The largest absolute Gasteiger partial charge is 0.302 e. The van der Waals surface area contributed by atoms with Gasteiger partial charge < -0.3 is 5.32 Å². The Balaban J connectivity index is 1.77. The van der Waals surface area contributed by atoms with Gasteiger partial charge in [0, 0.05) is 19.3 Å². The smallest absolute Gasteiger partial charge is 0.230 e. The molecule has 0 spiro atoms. The summed E-state index contributed by atoms with van der Waals surface area (Å²) >= 11 is 1.19. The van der Waals surface area contributed by atoms with E-state index in [1.54, 1.807) is 6.07 Å². The number of anilines is 1. The van der Waals surface area contributed by atoms with E-state index < -0.39 is 25.8 Å². The number of rotatable bonds is 4. The van der Waals surface area contributed by atoms with Gasteiger partial charge in [-0.25, -0.2) is 26.1 Å². The number of benzene rings is 1. The van der Waals surface area contributed by atoms with Gasteiger partial charge in [0.15, 0.2) is 15.0 Å². The molecular weight excluding hydrogens is 398 g/mol. The fraction of sp³-hybridized carbons (Fsp3) is 0.467. The van der Waals surface area contributed by atoms with Gasteiger partial charge >= 0.3 is 0 Å². The van der Waals surface area contributed by atoms with Gasteiger partial charge in [-0.2, -0.15) is 0 Å². The lowest BCUT2D eigenvalue weighted by Crippen LogP contribution is -2.43. The van der Waals surface area contributed by atoms with Gasteiger partial charge in [0.05, 0.1) is 27.3 Å². The summed E-state index contributed by atoms with van der Waals surface area (Å²) in [5.41, 5.74) is 0.596. The fourth-order valence-corrected chi connectivity index (χ4v) is 5.40. The van der Waals surface area contributed by atoms with Crippen molar-refractivity contribution in [1.82, 2.24) is 9.29 Å². The average Bonchev–Trinajstić information content (AvgIpc) is 2.94. The van der Waals surface area contributed by atoms with Crippen LogP contribution < -0.4 is 5.32 Å². The molecule has 0 bridgehead atoms. The van der Waals surface area contributed by atoms with Crippen LogP contribution in [-0.4, -0.2) is 57.6 Å². The maximum Gasteiger partial charge on any atom is 0.230 e. The number of hydrogen-bond donors (Lipinski definition) is 1. The van der Waals surface area contributed by atoms with Crippen LogP contribution in [0, 0.1) is 5.92 Å². The molecule has 1 fully saturated rings. The summed E-state index contributed by atoms with van der Waals surface area (Å²) in [6.07, 6.45) is 3.51. The Kier molecular flexibility index (Phi) is 5.08. The van der Waals surface area contributed by atoms with Crippen molar-refractivity contribution in [1.29, 1.82) is 0 Å². The minimum Gasteiger partial charge on any atom is -0.302 e. The van der Waals surface area contributed by atoms with Crippen LogP contribution in [0.4, 0.5) is 5.13 Å². The quantitative estimate of drug-likeness (QED) is 0.802. The summed E-state index contributed by atoms with van der Waals surface area (Å²) in [6.45, 7) is 0.589. The zero-order chi connectivity index (χ0) is 19.1. The van der Waals surface area contributed by atoms with Crippen LogP contribution in [0.2, 0.25) is 0 Å². The first-order valence-corrected chi connectivity index (χ1v) is 12.5. The van der Waals surface area contributed by atoms with Crippen molar-refractivity contribution in [2.75, 3.05) is 30.9 Å². The summed E-state index contributed by atoms with van der Waals surface area (Å²) in [6, 6.07) is 4.61. The molecule has 1 saturated heterocycles. The number of carbonyl (C=O) groups is 1. The number of piperidine rings is 1. The van der Waals surface area contributed by atoms with E-state index in [1.165, 1.54) is 27.8 Å². The number of aromatic nitrogens is 1. The Hall–Kier alpha value is -1.56. The number of carbonyl (C=O) groups excluding carboxylic acids is 1. The maximum absolute atomic E-state index is 12.5. The van der Waals surface area contributed by atoms with Crippen LogP contribution in [0.25, 0.3) is 10.2 Å². The minimum absolute atomic E-state index is 0.161. The molecule has 1 aliphatic heterocycles. The lowest BCUT2D eigenvalue weighted by molar-refractivity contribution is -0.120. The van der Waals surface area contributed by atoms with Gasteiger partial charge in [-0.15, -0.1) is 0 Å². The zero-order valence-corrected chi connectivity index (χ0v) is 16.7. The second kappa shape index (κ2) is 6.87. The second-order valence-corrected chi connectivity index (χ2v) is 11.4. The van der Waals surface area contributed by atoms with Crippen molar-refractivity contribution in [2.45, 2.75) is 17.7 Å². The number of amides is 1. The SMILES string of the molecule is CS(=O)(=O)c1ccc2nc(NC(=O)[C@@H]3CCCN(S(C)(=O)=O)C3)sc2c1. The highest BCUT2D eigenvalue weighted by Gasteiger charge is 2.30. The van der Waals surface area contributed by atoms with Gasteiger partial charge in [-0.1, -0.05) is 11.3 Å². The van der Waals surface area contributed by atoms with Gasteiger partial charge in [-0.3, -0.25) is 4.79 Å². The van der Waals surface area contributed by atoms with Crippen LogP contribution >= 0.6 is 11.3 Å². The van der Waals surface area contributed by atoms with Crippen molar-refractivity contribution in [3.05, 3.63) is 18.2 Å². The van der Waals surface area contributed by atoms with E-state index in [9.17, 15) is 21.6 Å². The van der Waals surface area contributed by atoms with Crippen molar-refractivity contribution < 1.29 is 21.6 Å². The molecule has 3 rings (SSSR count). The Morgan fingerprint density at radius 2 is 2.00 bits per heavy atom. The lowest BCUT2D eigenvalue weighted by atomic mass is 9.99. The van der Waals surface area contributed by atoms with E-state index >= 15 is 0 Å². The zero-order valence-electron chi connectivity index (χ0n) is 14.3. The molecule has 26 heavy (non-hydrogen) atoms. The van der Waals surface area contributed by atoms with E-state index in [1.807, 2.05) is 0 Å². The van der Waals surface area contributed by atoms with Crippen molar-refractivity contribution in [3.63, 3.8) is 0 Å².